The van der Waals surface area contributed by atoms with Gasteiger partial charge in [-0.3, -0.25) is 9.59 Å². The fraction of sp³-hybridized carbons (Fsp3) is 0.300. The van der Waals surface area contributed by atoms with E-state index in [1.165, 1.54) is 4.90 Å². The fourth-order valence-corrected chi connectivity index (χ4v) is 2.47. The first kappa shape index (κ1) is 18.5. The van der Waals surface area contributed by atoms with Crippen molar-refractivity contribution in [3.8, 4) is 5.75 Å². The van der Waals surface area contributed by atoms with Gasteiger partial charge in [0.25, 0.3) is 5.91 Å². The molecule has 0 spiro atoms. The molecule has 1 N–H and O–H groups in total. The molecule has 5 nitrogen and oxygen atoms in total. The summed E-state index contributed by atoms with van der Waals surface area (Å²) in [6.45, 7) is 4.09. The number of benzene rings is 2. The highest BCUT2D eigenvalue weighted by molar-refractivity contribution is 5.97. The number of rotatable bonds is 7. The molecule has 0 radical (unpaired) electrons. The lowest BCUT2D eigenvalue weighted by Crippen LogP contribution is -2.33. The predicted molar refractivity (Wildman–Crippen MR) is 95.7 cm³/mol. The van der Waals surface area contributed by atoms with Gasteiger partial charge >= 0.3 is 5.97 Å². The average Bonchev–Trinajstić information content (AvgIpc) is 2.60. The van der Waals surface area contributed by atoms with Crippen LogP contribution >= 0.6 is 0 Å². The van der Waals surface area contributed by atoms with Crippen molar-refractivity contribution < 1.29 is 19.4 Å². The van der Waals surface area contributed by atoms with Crippen LogP contribution in [0.5, 0.6) is 5.75 Å². The van der Waals surface area contributed by atoms with E-state index in [1.54, 1.807) is 32.2 Å². The number of hydrogen-bond donors (Lipinski definition) is 1. The summed E-state index contributed by atoms with van der Waals surface area (Å²) in [6, 6.07) is 14.9. The van der Waals surface area contributed by atoms with Crippen molar-refractivity contribution in [1.29, 1.82) is 0 Å². The molecule has 0 aliphatic heterocycles. The Morgan fingerprint density at radius 2 is 1.76 bits per heavy atom. The second-order valence-corrected chi connectivity index (χ2v) is 6.14. The van der Waals surface area contributed by atoms with Gasteiger partial charge < -0.3 is 14.7 Å². The van der Waals surface area contributed by atoms with Gasteiger partial charge in [-0.05, 0) is 30.2 Å². The van der Waals surface area contributed by atoms with Crippen LogP contribution in [0, 0.1) is 12.8 Å². The number of nitrogens with zero attached hydrogens (tertiary/aromatic N) is 1. The van der Waals surface area contributed by atoms with Gasteiger partial charge in [0, 0.05) is 13.6 Å². The van der Waals surface area contributed by atoms with Crippen LogP contribution in [0.3, 0.4) is 0 Å². The van der Waals surface area contributed by atoms with E-state index in [9.17, 15) is 9.59 Å². The Morgan fingerprint density at radius 3 is 2.44 bits per heavy atom. The standard InChI is InChI=1S/C20H23NO4/c1-14-8-4-5-9-16(14)13-25-18-11-7-6-10-17(18)19(22)21(3)12-15(2)20(23)24/h4-11,15H,12-13H2,1-3H3,(H,23,24). The van der Waals surface area contributed by atoms with E-state index in [1.807, 2.05) is 37.3 Å². The van der Waals surface area contributed by atoms with Crippen molar-refractivity contribution in [2.75, 3.05) is 13.6 Å². The van der Waals surface area contributed by atoms with Crippen molar-refractivity contribution in [1.82, 2.24) is 4.90 Å². The summed E-state index contributed by atoms with van der Waals surface area (Å²) in [5.41, 5.74) is 2.60. The van der Waals surface area contributed by atoms with Crippen LogP contribution in [0.2, 0.25) is 0 Å². The molecule has 2 rings (SSSR count). The highest BCUT2D eigenvalue weighted by Gasteiger charge is 2.21. The van der Waals surface area contributed by atoms with Crippen molar-refractivity contribution in [2.45, 2.75) is 20.5 Å². The topological polar surface area (TPSA) is 66.8 Å². The number of aryl methyl sites for hydroxylation is 1. The Morgan fingerprint density at radius 1 is 1.12 bits per heavy atom. The normalized spacial score (nSPS) is 11.6. The van der Waals surface area contributed by atoms with Crippen molar-refractivity contribution in [3.05, 3.63) is 65.2 Å². The average molecular weight is 341 g/mol. The summed E-state index contributed by atoms with van der Waals surface area (Å²) in [6.07, 6.45) is 0. The van der Waals surface area contributed by atoms with Crippen LogP contribution in [0.1, 0.15) is 28.4 Å². The molecule has 1 amide bonds. The van der Waals surface area contributed by atoms with E-state index in [0.29, 0.717) is 17.9 Å². The fourth-order valence-electron chi connectivity index (χ4n) is 2.47. The van der Waals surface area contributed by atoms with Crippen molar-refractivity contribution >= 4 is 11.9 Å². The summed E-state index contributed by atoms with van der Waals surface area (Å²) < 4.78 is 5.86. The lowest BCUT2D eigenvalue weighted by Gasteiger charge is -2.21. The molecule has 0 saturated heterocycles. The summed E-state index contributed by atoms with van der Waals surface area (Å²) in [5, 5.41) is 9.01. The summed E-state index contributed by atoms with van der Waals surface area (Å²) in [5.74, 6) is -1.32. The molecule has 1 unspecified atom stereocenters. The minimum Gasteiger partial charge on any atom is -0.488 e. The molecule has 5 heteroatoms. The predicted octanol–water partition coefficient (Wildman–Crippen LogP) is 3.37. The molecule has 2 aromatic carbocycles. The number of amides is 1. The molecule has 0 fully saturated rings. The van der Waals surface area contributed by atoms with Gasteiger partial charge in [0.05, 0.1) is 11.5 Å². The first-order valence-electron chi connectivity index (χ1n) is 8.14. The third-order valence-corrected chi connectivity index (χ3v) is 4.08. The molecular weight excluding hydrogens is 318 g/mol. The molecule has 0 aromatic heterocycles. The molecule has 132 valence electrons. The lowest BCUT2D eigenvalue weighted by atomic mass is 10.1. The molecule has 25 heavy (non-hydrogen) atoms. The van der Waals surface area contributed by atoms with Gasteiger partial charge in [0.15, 0.2) is 0 Å². The third-order valence-electron chi connectivity index (χ3n) is 4.08. The molecule has 0 aliphatic carbocycles. The van der Waals surface area contributed by atoms with Gasteiger partial charge in [0.2, 0.25) is 0 Å². The van der Waals surface area contributed by atoms with Gasteiger partial charge in [-0.15, -0.1) is 0 Å². The maximum Gasteiger partial charge on any atom is 0.308 e. The number of hydrogen-bond acceptors (Lipinski definition) is 3. The van der Waals surface area contributed by atoms with Gasteiger partial charge in [-0.25, -0.2) is 0 Å². The molecule has 2 aromatic rings. The zero-order valence-corrected chi connectivity index (χ0v) is 14.7. The smallest absolute Gasteiger partial charge is 0.308 e. The summed E-state index contributed by atoms with van der Waals surface area (Å²) in [7, 11) is 1.60. The maximum atomic E-state index is 12.7. The number of ether oxygens (including phenoxy) is 1. The number of carbonyl (C=O) groups excluding carboxylic acids is 1. The van der Waals surface area contributed by atoms with E-state index in [2.05, 4.69) is 0 Å². The summed E-state index contributed by atoms with van der Waals surface area (Å²) in [4.78, 5) is 25.1. The molecule has 0 aliphatic rings. The van der Waals surface area contributed by atoms with Crippen LogP contribution in [-0.4, -0.2) is 35.5 Å². The van der Waals surface area contributed by atoms with E-state index in [4.69, 9.17) is 9.84 Å². The molecule has 0 heterocycles. The SMILES string of the molecule is Cc1ccccc1COc1ccccc1C(=O)N(C)CC(C)C(=O)O. The Labute approximate surface area is 147 Å². The highest BCUT2D eigenvalue weighted by atomic mass is 16.5. The number of carboxylic acids is 1. The minimum atomic E-state index is -0.927. The maximum absolute atomic E-state index is 12.7. The Bertz CT molecular complexity index is 757. The zero-order chi connectivity index (χ0) is 18.4. The third kappa shape index (κ3) is 4.83. The van der Waals surface area contributed by atoms with Crippen LogP contribution in [0.25, 0.3) is 0 Å². The Hall–Kier alpha value is -2.82. The Balaban J connectivity index is 2.13. The first-order chi connectivity index (χ1) is 11.9. The summed E-state index contributed by atoms with van der Waals surface area (Å²) >= 11 is 0. The highest BCUT2D eigenvalue weighted by Crippen LogP contribution is 2.22. The van der Waals surface area contributed by atoms with Crippen LogP contribution in [0.4, 0.5) is 0 Å². The molecular formula is C20H23NO4. The van der Waals surface area contributed by atoms with Gasteiger partial charge in [0.1, 0.15) is 12.4 Å². The van der Waals surface area contributed by atoms with E-state index < -0.39 is 11.9 Å². The van der Waals surface area contributed by atoms with Gasteiger partial charge in [-0.1, -0.05) is 43.3 Å². The molecule has 0 saturated carbocycles. The number of carbonyl (C=O) groups is 2. The van der Waals surface area contributed by atoms with Crippen LogP contribution < -0.4 is 4.74 Å². The molecule has 1 atom stereocenters. The minimum absolute atomic E-state index is 0.139. The van der Waals surface area contributed by atoms with Gasteiger partial charge in [-0.2, -0.15) is 0 Å². The van der Waals surface area contributed by atoms with E-state index >= 15 is 0 Å². The lowest BCUT2D eigenvalue weighted by molar-refractivity contribution is -0.141. The second kappa shape index (κ2) is 8.33. The van der Waals surface area contributed by atoms with Crippen molar-refractivity contribution in [3.63, 3.8) is 0 Å². The number of para-hydroxylation sites is 1. The second-order valence-electron chi connectivity index (χ2n) is 6.14. The zero-order valence-electron chi connectivity index (χ0n) is 14.7. The number of carboxylic acid groups (broad SMARTS) is 1. The van der Waals surface area contributed by atoms with Crippen LogP contribution in [-0.2, 0) is 11.4 Å². The van der Waals surface area contributed by atoms with E-state index in [0.717, 1.165) is 11.1 Å². The van der Waals surface area contributed by atoms with E-state index in [-0.39, 0.29) is 12.5 Å². The molecule has 0 bridgehead atoms. The quantitative estimate of drug-likeness (QED) is 0.838. The monoisotopic (exact) mass is 341 g/mol. The van der Waals surface area contributed by atoms with Crippen molar-refractivity contribution in [2.24, 2.45) is 5.92 Å². The largest absolute Gasteiger partial charge is 0.488 e. The van der Waals surface area contributed by atoms with Crippen LogP contribution in [0.15, 0.2) is 48.5 Å². The first-order valence-corrected chi connectivity index (χ1v) is 8.14. The number of aliphatic carboxylic acids is 1. The Kier molecular flexibility index (Phi) is 6.17.